The molecule has 1 atom stereocenters. The third-order valence-electron chi connectivity index (χ3n) is 4.38. The lowest BCUT2D eigenvalue weighted by Gasteiger charge is -2.09. The maximum atomic E-state index is 12.7. The third kappa shape index (κ3) is 5.87. The minimum Gasteiger partial charge on any atom is -0.366 e. The molecule has 5 nitrogen and oxygen atoms in total. The predicted octanol–water partition coefficient (Wildman–Crippen LogP) is 5.01. The van der Waals surface area contributed by atoms with E-state index in [-0.39, 0.29) is 0 Å². The Bertz CT molecular complexity index is 1150. The Kier molecular flexibility index (Phi) is 7.30. The van der Waals surface area contributed by atoms with Gasteiger partial charge in [0.2, 0.25) is 5.91 Å². The van der Waals surface area contributed by atoms with Crippen molar-refractivity contribution in [2.75, 3.05) is 5.32 Å². The molecule has 1 amide bonds. The molecule has 0 saturated heterocycles. The number of anilines is 1. The molecular formula is C25H23N3O2S. The van der Waals surface area contributed by atoms with E-state index in [2.05, 4.69) is 16.9 Å². The van der Waals surface area contributed by atoms with Gasteiger partial charge in [-0.2, -0.15) is 0 Å². The highest BCUT2D eigenvalue weighted by Gasteiger charge is 2.08. The minimum atomic E-state index is -1.24. The zero-order valence-electron chi connectivity index (χ0n) is 17.1. The summed E-state index contributed by atoms with van der Waals surface area (Å²) in [4.78, 5) is 17.3. The fourth-order valence-corrected chi connectivity index (χ4v) is 3.93. The van der Waals surface area contributed by atoms with Crippen LogP contribution < -0.4 is 11.1 Å². The van der Waals surface area contributed by atoms with Crippen LogP contribution in [0.15, 0.2) is 112 Å². The van der Waals surface area contributed by atoms with Gasteiger partial charge in [-0.25, -0.2) is 9.20 Å². The van der Waals surface area contributed by atoms with Gasteiger partial charge in [-0.3, -0.25) is 4.79 Å². The molecule has 1 unspecified atom stereocenters. The molecule has 3 rings (SSSR count). The number of allylic oxidation sites excluding steroid dienone is 2. The molecule has 3 N–H and O–H groups in total. The first-order valence-electron chi connectivity index (χ1n) is 9.60. The van der Waals surface area contributed by atoms with Gasteiger partial charge in [-0.15, -0.1) is 0 Å². The van der Waals surface area contributed by atoms with Crippen molar-refractivity contribution < 1.29 is 9.00 Å². The minimum absolute atomic E-state index is 0.445. The molecule has 156 valence electrons. The quantitative estimate of drug-likeness (QED) is 0.315. The van der Waals surface area contributed by atoms with Crippen LogP contribution in [0.2, 0.25) is 0 Å². The summed E-state index contributed by atoms with van der Waals surface area (Å²) >= 11 is 0. The van der Waals surface area contributed by atoms with Crippen LogP contribution >= 0.6 is 0 Å². The Morgan fingerprint density at radius 1 is 0.935 bits per heavy atom. The van der Waals surface area contributed by atoms with Gasteiger partial charge in [0.05, 0.1) is 16.5 Å². The Labute approximate surface area is 184 Å². The molecule has 0 radical (unpaired) electrons. The number of rotatable bonds is 7. The van der Waals surface area contributed by atoms with Gasteiger partial charge in [0, 0.05) is 26.6 Å². The summed E-state index contributed by atoms with van der Waals surface area (Å²) in [6.07, 6.45) is 3.48. The molecule has 3 aromatic carbocycles. The highest BCUT2D eigenvalue weighted by atomic mass is 32.2. The number of nitrogens with zero attached hydrogens (tertiary/aromatic N) is 1. The molecule has 0 aliphatic rings. The van der Waals surface area contributed by atoms with Crippen molar-refractivity contribution in [3.8, 4) is 0 Å². The fraction of sp³-hybridized carbons (Fsp3) is 0.0400. The van der Waals surface area contributed by atoms with Crippen LogP contribution in [0.5, 0.6) is 0 Å². The molecule has 0 spiro atoms. The molecule has 31 heavy (non-hydrogen) atoms. The standard InChI is InChI=1S/C25H23N3O2S/c1-3-7-24(28-18(2)27-21-14-10-20(11-15-21)25(26)29)19-12-16-23(17-13-19)31(30)22-8-5-4-6-9-22/h3-17H,1H2,2H3,(H2,26,29)(H,27,28)/b24-7-. The zero-order valence-corrected chi connectivity index (χ0v) is 17.9. The van der Waals surface area contributed by atoms with Crippen LogP contribution in [0, 0.1) is 0 Å². The Balaban J connectivity index is 1.78. The van der Waals surface area contributed by atoms with Crippen molar-refractivity contribution in [3.05, 3.63) is 109 Å². The highest BCUT2D eigenvalue weighted by molar-refractivity contribution is 7.85. The molecule has 0 fully saturated rings. The average molecular weight is 430 g/mol. The first-order valence-corrected chi connectivity index (χ1v) is 10.7. The van der Waals surface area contributed by atoms with Crippen LogP contribution in [0.1, 0.15) is 22.8 Å². The van der Waals surface area contributed by atoms with Crippen LogP contribution in [-0.2, 0) is 10.8 Å². The summed E-state index contributed by atoms with van der Waals surface area (Å²) in [5, 5.41) is 3.19. The van der Waals surface area contributed by atoms with E-state index in [4.69, 9.17) is 5.73 Å². The van der Waals surface area contributed by atoms with Crippen molar-refractivity contribution in [2.45, 2.75) is 16.7 Å². The van der Waals surface area contributed by atoms with Crippen LogP contribution in [-0.4, -0.2) is 16.0 Å². The summed E-state index contributed by atoms with van der Waals surface area (Å²) in [6.45, 7) is 5.62. The van der Waals surface area contributed by atoms with E-state index in [1.54, 1.807) is 30.3 Å². The molecule has 0 bridgehead atoms. The van der Waals surface area contributed by atoms with Gasteiger partial charge >= 0.3 is 0 Å². The largest absolute Gasteiger partial charge is 0.366 e. The van der Waals surface area contributed by atoms with Gasteiger partial charge in [-0.05, 0) is 61.5 Å². The van der Waals surface area contributed by atoms with E-state index in [0.29, 0.717) is 17.1 Å². The molecular weight excluding hydrogens is 406 g/mol. The lowest BCUT2D eigenvalue weighted by Crippen LogP contribution is -2.11. The number of carbonyl (C=O) groups is 1. The molecule has 6 heteroatoms. The Hall–Kier alpha value is -3.77. The smallest absolute Gasteiger partial charge is 0.248 e. The second kappa shape index (κ2) is 10.3. The lowest BCUT2D eigenvalue weighted by atomic mass is 10.1. The van der Waals surface area contributed by atoms with Gasteiger partial charge in [-0.1, -0.05) is 43.0 Å². The highest BCUT2D eigenvalue weighted by Crippen LogP contribution is 2.22. The SMILES string of the molecule is C=C/C=C(\N=C(C)Nc1ccc(C(N)=O)cc1)c1ccc(S(=O)c2ccccc2)cc1. The Morgan fingerprint density at radius 3 is 2.10 bits per heavy atom. The number of benzene rings is 3. The van der Waals surface area contributed by atoms with Gasteiger partial charge in [0.1, 0.15) is 5.84 Å². The van der Waals surface area contributed by atoms with Gasteiger partial charge in [0.25, 0.3) is 0 Å². The van der Waals surface area contributed by atoms with Crippen LogP contribution in [0.3, 0.4) is 0 Å². The van der Waals surface area contributed by atoms with E-state index >= 15 is 0 Å². The van der Waals surface area contributed by atoms with E-state index in [9.17, 15) is 9.00 Å². The van der Waals surface area contributed by atoms with E-state index in [1.165, 1.54) is 0 Å². The molecule has 0 aliphatic heterocycles. The maximum absolute atomic E-state index is 12.7. The molecule has 0 heterocycles. The molecule has 3 aromatic rings. The van der Waals surface area contributed by atoms with Crippen molar-refractivity contribution in [3.63, 3.8) is 0 Å². The predicted molar refractivity (Wildman–Crippen MR) is 127 cm³/mol. The third-order valence-corrected chi connectivity index (χ3v) is 5.78. The number of primary amides is 1. The van der Waals surface area contributed by atoms with E-state index in [0.717, 1.165) is 21.0 Å². The fourth-order valence-electron chi connectivity index (χ4n) is 2.87. The summed E-state index contributed by atoms with van der Waals surface area (Å²) < 4.78 is 12.7. The number of aliphatic imine (C=N–C) groups is 1. The van der Waals surface area contributed by atoms with E-state index in [1.807, 2.05) is 67.6 Å². The molecule has 0 aromatic heterocycles. The normalized spacial score (nSPS) is 12.8. The molecule has 0 saturated carbocycles. The summed E-state index contributed by atoms with van der Waals surface area (Å²) in [5.41, 5.74) is 8.09. The van der Waals surface area contributed by atoms with Gasteiger partial charge in [0.15, 0.2) is 0 Å². The number of amidine groups is 1. The topological polar surface area (TPSA) is 84.5 Å². The summed E-state index contributed by atoms with van der Waals surface area (Å²) in [5.74, 6) is 0.196. The number of nitrogens with two attached hydrogens (primary N) is 1. The number of carbonyl (C=O) groups excluding carboxylic acids is 1. The second-order valence-electron chi connectivity index (χ2n) is 6.66. The first-order chi connectivity index (χ1) is 15.0. The summed E-state index contributed by atoms with van der Waals surface area (Å²) in [7, 11) is -1.24. The summed E-state index contributed by atoms with van der Waals surface area (Å²) in [6, 6.07) is 23.7. The first kappa shape index (κ1) is 21.9. The Morgan fingerprint density at radius 2 is 1.52 bits per heavy atom. The number of amides is 1. The van der Waals surface area contributed by atoms with Crippen LogP contribution in [0.4, 0.5) is 5.69 Å². The second-order valence-corrected chi connectivity index (χ2v) is 8.14. The number of hydrogen-bond donors (Lipinski definition) is 2. The monoisotopic (exact) mass is 429 g/mol. The average Bonchev–Trinajstić information content (AvgIpc) is 2.79. The van der Waals surface area contributed by atoms with Crippen LogP contribution in [0.25, 0.3) is 5.70 Å². The van der Waals surface area contributed by atoms with Crippen molar-refractivity contribution in [1.29, 1.82) is 0 Å². The maximum Gasteiger partial charge on any atom is 0.248 e. The van der Waals surface area contributed by atoms with Crippen molar-refractivity contribution >= 4 is 33.9 Å². The van der Waals surface area contributed by atoms with Crippen molar-refractivity contribution in [1.82, 2.24) is 0 Å². The number of hydrogen-bond acceptors (Lipinski definition) is 3. The zero-order chi connectivity index (χ0) is 22.2. The molecule has 0 aliphatic carbocycles. The van der Waals surface area contributed by atoms with Gasteiger partial charge < -0.3 is 11.1 Å². The number of nitrogens with one attached hydrogen (secondary N) is 1. The van der Waals surface area contributed by atoms with Crippen molar-refractivity contribution in [2.24, 2.45) is 10.7 Å². The lowest BCUT2D eigenvalue weighted by molar-refractivity contribution is 0.100. The van der Waals surface area contributed by atoms with E-state index < -0.39 is 16.7 Å².